The second-order valence-corrected chi connectivity index (χ2v) is 17.9. The number of carbonyl (C=O) groups is 2. The Labute approximate surface area is 288 Å². The number of aromatic nitrogens is 4. The van der Waals surface area contributed by atoms with Crippen molar-refractivity contribution < 1.29 is 38.2 Å². The molecule has 0 N–H and O–H groups in total. The second kappa shape index (κ2) is 14.1. The molecule has 1 saturated heterocycles. The Morgan fingerprint density at radius 1 is 1.00 bits per heavy atom. The summed E-state index contributed by atoms with van der Waals surface area (Å²) in [5.74, 6) is -0.113. The summed E-state index contributed by atoms with van der Waals surface area (Å²) in [4.78, 5) is 52.4. The Morgan fingerprint density at radius 2 is 1.61 bits per heavy atom. The molecule has 267 valence electrons. The van der Waals surface area contributed by atoms with Crippen LogP contribution < -0.4 is 4.90 Å². The molecule has 1 radical (unpaired) electrons. The highest BCUT2D eigenvalue weighted by atomic mass is 28.3. The lowest BCUT2D eigenvalue weighted by Crippen LogP contribution is -2.46. The zero-order chi connectivity index (χ0) is 36.5. The van der Waals surface area contributed by atoms with Crippen molar-refractivity contribution in [3.63, 3.8) is 0 Å². The number of para-hydroxylation sites is 1. The van der Waals surface area contributed by atoms with Crippen LogP contribution in [-0.2, 0) is 35.6 Å². The summed E-state index contributed by atoms with van der Waals surface area (Å²) in [7, 11) is -1.42. The van der Waals surface area contributed by atoms with Gasteiger partial charge in [-0.3, -0.25) is 14.7 Å². The van der Waals surface area contributed by atoms with Crippen molar-refractivity contribution in [2.75, 3.05) is 11.5 Å². The van der Waals surface area contributed by atoms with Crippen LogP contribution in [0.15, 0.2) is 36.9 Å². The zero-order valence-corrected chi connectivity index (χ0v) is 31.1. The largest absolute Gasteiger partial charge is 0.443 e. The highest BCUT2D eigenvalue weighted by Crippen LogP contribution is 2.42. The first-order chi connectivity index (χ1) is 22.6. The molecule has 0 spiro atoms. The van der Waals surface area contributed by atoms with Crippen molar-refractivity contribution in [1.82, 2.24) is 19.5 Å². The minimum atomic E-state index is -1.42. The molecule has 0 aliphatic carbocycles. The lowest BCUT2D eigenvalue weighted by Gasteiger charge is -2.34. The van der Waals surface area contributed by atoms with E-state index in [1.54, 1.807) is 70.6 Å². The van der Waals surface area contributed by atoms with E-state index in [4.69, 9.17) is 23.7 Å². The van der Waals surface area contributed by atoms with Crippen LogP contribution in [0.4, 0.5) is 21.1 Å². The predicted octanol–water partition coefficient (Wildman–Crippen LogP) is 6.55. The smallest absolute Gasteiger partial charge is 0.425 e. The molecule has 3 atom stereocenters. The number of nitro groups is 1. The number of fused-ring (bicyclic) bond motifs is 1. The fourth-order valence-corrected chi connectivity index (χ4v) is 6.90. The molecule has 4 rings (SSSR count). The highest BCUT2D eigenvalue weighted by molar-refractivity contribution is 6.58. The lowest BCUT2D eigenvalue weighted by molar-refractivity contribution is -0.386. The maximum atomic E-state index is 13.5. The van der Waals surface area contributed by atoms with E-state index in [-0.39, 0.29) is 30.2 Å². The molecule has 2 aromatic heterocycles. The summed E-state index contributed by atoms with van der Waals surface area (Å²) in [6.45, 7) is 20.3. The summed E-state index contributed by atoms with van der Waals surface area (Å²) < 4.78 is 32.4. The molecule has 1 aliphatic rings. The van der Waals surface area contributed by atoms with Gasteiger partial charge in [-0.05, 0) is 68.4 Å². The van der Waals surface area contributed by atoms with Crippen LogP contribution in [0, 0.1) is 10.1 Å². The van der Waals surface area contributed by atoms with E-state index in [1.165, 1.54) is 12.4 Å². The van der Waals surface area contributed by atoms with Crippen LogP contribution in [-0.4, -0.2) is 81.0 Å². The van der Waals surface area contributed by atoms with Gasteiger partial charge in [0.05, 0.1) is 41.7 Å². The van der Waals surface area contributed by atoms with Gasteiger partial charge in [-0.1, -0.05) is 25.2 Å². The van der Waals surface area contributed by atoms with Crippen LogP contribution in [0.3, 0.4) is 0 Å². The molecule has 1 fully saturated rings. The molecule has 0 bridgehead atoms. The summed E-state index contributed by atoms with van der Waals surface area (Å²) in [5, 5.41) is 10.7. The number of benzene rings is 1. The second-order valence-electron chi connectivity index (χ2n) is 15.1. The summed E-state index contributed by atoms with van der Waals surface area (Å²) in [5.41, 5.74) is -1.46. The molecule has 15 nitrogen and oxygen atoms in total. The average molecular weight is 700 g/mol. The van der Waals surface area contributed by atoms with Crippen molar-refractivity contribution in [2.24, 2.45) is 0 Å². The van der Waals surface area contributed by atoms with Gasteiger partial charge < -0.3 is 23.7 Å². The number of imidazole rings is 1. The van der Waals surface area contributed by atoms with Crippen molar-refractivity contribution >= 4 is 43.7 Å². The molecule has 0 unspecified atom stereocenters. The van der Waals surface area contributed by atoms with E-state index in [1.807, 2.05) is 20.8 Å². The van der Waals surface area contributed by atoms with Crippen molar-refractivity contribution in [3.8, 4) is 0 Å². The first-order valence-electron chi connectivity index (χ1n) is 16.0. The maximum absolute atomic E-state index is 13.5. The molecule has 16 heteroatoms. The topological polar surface area (TPSA) is 170 Å². The molecular weight excluding hydrogens is 652 g/mol. The van der Waals surface area contributed by atoms with Gasteiger partial charge in [-0.15, -0.1) is 0 Å². The van der Waals surface area contributed by atoms with E-state index in [2.05, 4.69) is 28.0 Å². The Bertz CT molecular complexity index is 1650. The Balaban J connectivity index is 1.78. The van der Waals surface area contributed by atoms with Crippen LogP contribution in [0.1, 0.15) is 74.3 Å². The number of hydrogen-bond donors (Lipinski definition) is 0. The number of hydrogen-bond acceptors (Lipinski definition) is 12. The van der Waals surface area contributed by atoms with Gasteiger partial charge in [0, 0.05) is 12.5 Å². The molecule has 1 aliphatic heterocycles. The lowest BCUT2D eigenvalue weighted by atomic mass is 10.1. The number of carbonyl (C=O) groups excluding carboxylic acids is 2. The number of amides is 2. The molecular formula is C33H47N6O9Si. The molecule has 2 amide bonds. The van der Waals surface area contributed by atoms with Crippen molar-refractivity contribution in [2.45, 2.75) is 123 Å². The average Bonchev–Trinajstić information content (AvgIpc) is 3.56. The minimum Gasteiger partial charge on any atom is -0.443 e. The van der Waals surface area contributed by atoms with E-state index in [0.29, 0.717) is 17.6 Å². The third-order valence-corrected chi connectivity index (χ3v) is 9.53. The monoisotopic (exact) mass is 699 g/mol. The van der Waals surface area contributed by atoms with Gasteiger partial charge in [-0.2, -0.15) is 4.90 Å². The first kappa shape index (κ1) is 37.8. The molecule has 3 heterocycles. The maximum Gasteiger partial charge on any atom is 0.425 e. The fraction of sp³-hybridized carbons (Fsp3) is 0.606. The summed E-state index contributed by atoms with van der Waals surface area (Å²) >= 11 is 0. The SMILES string of the molecule is C[Si](C)[C@]1(n2cnc3c(N(C(=O)OC(C)(C)C)C(=O)OC(C)(C)C)ncnc32)C[C@H](OCc2ccccc2[N+](=O)[O-])[C@@H](COC(C)(C)C)O1. The van der Waals surface area contributed by atoms with Crippen LogP contribution in [0.2, 0.25) is 13.1 Å². The number of imide groups is 1. The third kappa shape index (κ3) is 8.98. The van der Waals surface area contributed by atoms with Gasteiger partial charge >= 0.3 is 12.2 Å². The quantitative estimate of drug-likeness (QED) is 0.134. The third-order valence-electron chi connectivity index (χ3n) is 7.41. The van der Waals surface area contributed by atoms with E-state index < -0.39 is 60.3 Å². The highest BCUT2D eigenvalue weighted by Gasteiger charge is 2.52. The normalized spacial score (nSPS) is 20.1. The summed E-state index contributed by atoms with van der Waals surface area (Å²) in [6, 6.07) is 6.45. The van der Waals surface area contributed by atoms with Crippen LogP contribution >= 0.6 is 0 Å². The van der Waals surface area contributed by atoms with Gasteiger partial charge in [-0.25, -0.2) is 24.5 Å². The Morgan fingerprint density at radius 3 is 2.16 bits per heavy atom. The molecule has 0 saturated carbocycles. The number of rotatable bonds is 9. The van der Waals surface area contributed by atoms with Crippen LogP contribution in [0.5, 0.6) is 0 Å². The minimum absolute atomic E-state index is 0.0134. The van der Waals surface area contributed by atoms with Crippen molar-refractivity contribution in [3.05, 3.63) is 52.6 Å². The number of ether oxygens (including phenoxy) is 5. The van der Waals surface area contributed by atoms with E-state index >= 15 is 0 Å². The fourth-order valence-electron chi connectivity index (χ4n) is 5.26. The van der Waals surface area contributed by atoms with Crippen molar-refractivity contribution in [1.29, 1.82) is 0 Å². The Hall–Kier alpha value is -3.99. The van der Waals surface area contributed by atoms with Gasteiger partial charge in [0.1, 0.15) is 37.8 Å². The predicted molar refractivity (Wildman–Crippen MR) is 183 cm³/mol. The van der Waals surface area contributed by atoms with E-state index in [9.17, 15) is 19.7 Å². The summed E-state index contributed by atoms with van der Waals surface area (Å²) in [6.07, 6.45) is 0.0834. The first-order valence-corrected chi connectivity index (χ1v) is 18.5. The number of nitro benzene ring substituents is 1. The number of anilines is 1. The molecule has 3 aromatic rings. The zero-order valence-electron chi connectivity index (χ0n) is 30.1. The van der Waals surface area contributed by atoms with Gasteiger partial charge in [0.15, 0.2) is 17.0 Å². The van der Waals surface area contributed by atoms with Gasteiger partial charge in [0.2, 0.25) is 0 Å². The number of nitrogens with zero attached hydrogens (tertiary/aromatic N) is 6. The van der Waals surface area contributed by atoms with Gasteiger partial charge in [0.25, 0.3) is 5.69 Å². The standard InChI is InChI=1S/C33H47N6O9Si/c1-30(2,3)45-18-24-23(44-17-21-14-12-13-15-22(21)39(42)43)16-33(46-24,49(10)11)37-20-36-25-26(37)34-19-35-27(25)38(28(40)47-31(4,5)6)29(41)48-32(7,8)9/h12-15,19-20,23-24H,16-18H2,1-11H3/t23-,24+,33-/m0/s1. The molecule has 49 heavy (non-hydrogen) atoms. The van der Waals surface area contributed by atoms with Crippen LogP contribution in [0.25, 0.3) is 11.2 Å². The Kier molecular flexibility index (Phi) is 10.9. The van der Waals surface area contributed by atoms with E-state index in [0.717, 1.165) is 4.90 Å². The molecule has 1 aromatic carbocycles.